The summed E-state index contributed by atoms with van der Waals surface area (Å²) in [6.07, 6.45) is 7.01. The van der Waals surface area contributed by atoms with Crippen LogP contribution in [0.4, 0.5) is 0 Å². The molecule has 28 heavy (non-hydrogen) atoms. The number of H-pyrrole nitrogens is 1. The summed E-state index contributed by atoms with van der Waals surface area (Å²) in [5.74, 6) is 0.225. The van der Waals surface area contributed by atoms with Crippen molar-refractivity contribution in [2.24, 2.45) is 0 Å². The summed E-state index contributed by atoms with van der Waals surface area (Å²) in [5.41, 5.74) is 4.22. The fourth-order valence-electron chi connectivity index (χ4n) is 4.79. The molecule has 1 saturated heterocycles. The maximum atomic E-state index is 12.7. The molecule has 4 heterocycles. The lowest BCUT2D eigenvalue weighted by atomic mass is 9.78. The molecule has 0 unspecified atom stereocenters. The summed E-state index contributed by atoms with van der Waals surface area (Å²) < 4.78 is 1.81. The van der Waals surface area contributed by atoms with Crippen molar-refractivity contribution in [1.82, 2.24) is 29.5 Å². The van der Waals surface area contributed by atoms with E-state index >= 15 is 0 Å². The second-order valence-corrected chi connectivity index (χ2v) is 7.91. The second-order valence-electron chi connectivity index (χ2n) is 7.91. The van der Waals surface area contributed by atoms with Crippen LogP contribution in [-0.2, 0) is 29.8 Å². The van der Waals surface area contributed by atoms with Gasteiger partial charge in [0.1, 0.15) is 0 Å². The lowest BCUT2D eigenvalue weighted by molar-refractivity contribution is -0.141. The van der Waals surface area contributed by atoms with Gasteiger partial charge in [0.05, 0.1) is 36.4 Å². The molecule has 0 aromatic carbocycles. The van der Waals surface area contributed by atoms with Crippen LogP contribution in [0.1, 0.15) is 48.8 Å². The predicted molar refractivity (Wildman–Crippen MR) is 105 cm³/mol. The van der Waals surface area contributed by atoms with E-state index in [0.29, 0.717) is 13.0 Å². The third kappa shape index (κ3) is 3.24. The van der Waals surface area contributed by atoms with Gasteiger partial charge in [-0.25, -0.2) is 4.98 Å². The molecule has 2 aliphatic rings. The highest BCUT2D eigenvalue weighted by Gasteiger charge is 2.48. The SMILES string of the molecule is CCC(=O)N1CCc2[nH]cnc2C12CCN(Cc1cn(CCO)nc1C)CC2. The number of carbonyl (C=O) groups is 1. The zero-order valence-corrected chi connectivity index (χ0v) is 16.8. The van der Waals surface area contributed by atoms with Crippen LogP contribution in [0, 0.1) is 6.92 Å². The normalized spacial score (nSPS) is 19.2. The average molecular weight is 387 g/mol. The molecule has 2 aromatic rings. The fraction of sp³-hybridized carbons (Fsp3) is 0.650. The molecule has 8 nitrogen and oxygen atoms in total. The molecule has 1 fully saturated rings. The summed E-state index contributed by atoms with van der Waals surface area (Å²) >= 11 is 0. The van der Waals surface area contributed by atoms with Gasteiger partial charge in [-0.1, -0.05) is 6.92 Å². The van der Waals surface area contributed by atoms with Crippen LogP contribution in [0.15, 0.2) is 12.5 Å². The van der Waals surface area contributed by atoms with Gasteiger partial charge in [0, 0.05) is 56.5 Å². The Hall–Kier alpha value is -2.19. The molecule has 2 aromatic heterocycles. The van der Waals surface area contributed by atoms with Crippen molar-refractivity contribution >= 4 is 5.91 Å². The highest BCUT2D eigenvalue weighted by Crippen LogP contribution is 2.42. The first-order chi connectivity index (χ1) is 13.6. The number of likely N-dealkylation sites (tertiary alicyclic amines) is 1. The number of hydrogen-bond acceptors (Lipinski definition) is 5. The van der Waals surface area contributed by atoms with Crippen LogP contribution >= 0.6 is 0 Å². The Morgan fingerprint density at radius 3 is 2.82 bits per heavy atom. The maximum Gasteiger partial charge on any atom is 0.223 e. The van der Waals surface area contributed by atoms with Gasteiger partial charge < -0.3 is 15.0 Å². The Labute approximate surface area is 165 Å². The molecule has 152 valence electrons. The highest BCUT2D eigenvalue weighted by molar-refractivity contribution is 5.77. The Bertz CT molecular complexity index is 834. The maximum absolute atomic E-state index is 12.7. The molecule has 0 aliphatic carbocycles. The summed E-state index contributed by atoms with van der Waals surface area (Å²) in [6, 6.07) is 0. The standard InChI is InChI=1S/C20H30N6O2/c1-3-18(28)26-7-4-17-19(22-14-21-17)20(26)5-8-24(9-6-20)12-16-13-25(10-11-27)23-15(16)2/h13-14,27H,3-12H2,1-2H3,(H,21,22). The largest absolute Gasteiger partial charge is 0.394 e. The molecule has 2 aliphatic heterocycles. The third-order valence-electron chi connectivity index (χ3n) is 6.32. The first-order valence-corrected chi connectivity index (χ1v) is 10.3. The quantitative estimate of drug-likeness (QED) is 0.806. The smallest absolute Gasteiger partial charge is 0.223 e. The van der Waals surface area contributed by atoms with Gasteiger partial charge in [0.15, 0.2) is 0 Å². The van der Waals surface area contributed by atoms with E-state index in [2.05, 4.69) is 24.9 Å². The highest BCUT2D eigenvalue weighted by atomic mass is 16.3. The number of carbonyl (C=O) groups excluding carboxylic acids is 1. The second kappa shape index (κ2) is 7.67. The number of aliphatic hydroxyl groups excluding tert-OH is 1. The van der Waals surface area contributed by atoms with Crippen molar-refractivity contribution in [3.8, 4) is 0 Å². The van der Waals surface area contributed by atoms with Crippen LogP contribution in [0.2, 0.25) is 0 Å². The van der Waals surface area contributed by atoms with Crippen LogP contribution in [0.5, 0.6) is 0 Å². The monoisotopic (exact) mass is 386 g/mol. The number of amides is 1. The van der Waals surface area contributed by atoms with E-state index in [1.165, 1.54) is 11.3 Å². The molecular formula is C20H30N6O2. The van der Waals surface area contributed by atoms with Crippen molar-refractivity contribution in [2.75, 3.05) is 26.2 Å². The van der Waals surface area contributed by atoms with Crippen molar-refractivity contribution < 1.29 is 9.90 Å². The minimum atomic E-state index is -0.271. The van der Waals surface area contributed by atoms with E-state index in [1.54, 1.807) is 6.33 Å². The Morgan fingerprint density at radius 1 is 1.32 bits per heavy atom. The van der Waals surface area contributed by atoms with E-state index in [0.717, 1.165) is 56.8 Å². The van der Waals surface area contributed by atoms with Gasteiger partial charge in [-0.15, -0.1) is 0 Å². The molecule has 2 N–H and O–H groups in total. The van der Waals surface area contributed by atoms with Crippen molar-refractivity contribution in [3.05, 3.63) is 35.2 Å². The van der Waals surface area contributed by atoms with Crippen LogP contribution in [0.3, 0.4) is 0 Å². The van der Waals surface area contributed by atoms with Crippen LogP contribution in [0.25, 0.3) is 0 Å². The number of fused-ring (bicyclic) bond motifs is 2. The number of nitrogens with zero attached hydrogens (tertiary/aromatic N) is 5. The van der Waals surface area contributed by atoms with Crippen molar-refractivity contribution in [1.29, 1.82) is 0 Å². The first kappa shape index (κ1) is 19.1. The molecule has 8 heteroatoms. The minimum Gasteiger partial charge on any atom is -0.394 e. The van der Waals surface area contributed by atoms with Gasteiger partial charge in [0.25, 0.3) is 0 Å². The van der Waals surface area contributed by atoms with E-state index in [1.807, 2.05) is 24.7 Å². The minimum absolute atomic E-state index is 0.0973. The lowest BCUT2D eigenvalue weighted by Crippen LogP contribution is -2.58. The van der Waals surface area contributed by atoms with E-state index in [9.17, 15) is 4.79 Å². The number of nitrogens with one attached hydrogen (secondary N) is 1. The third-order valence-corrected chi connectivity index (χ3v) is 6.32. The van der Waals surface area contributed by atoms with Gasteiger partial charge >= 0.3 is 0 Å². The number of hydrogen-bond donors (Lipinski definition) is 2. The number of imidazole rings is 1. The van der Waals surface area contributed by atoms with E-state index < -0.39 is 0 Å². The van der Waals surface area contributed by atoms with Gasteiger partial charge in [-0.05, 0) is 19.8 Å². The van der Waals surface area contributed by atoms with Gasteiger partial charge in [-0.2, -0.15) is 5.10 Å². The first-order valence-electron chi connectivity index (χ1n) is 10.3. The topological polar surface area (TPSA) is 90.3 Å². The van der Waals surface area contributed by atoms with Gasteiger partial charge in [-0.3, -0.25) is 14.4 Å². The van der Waals surface area contributed by atoms with Crippen molar-refractivity contribution in [2.45, 2.75) is 58.2 Å². The number of aryl methyl sites for hydroxylation is 1. The lowest BCUT2D eigenvalue weighted by Gasteiger charge is -2.50. The molecule has 4 rings (SSSR count). The number of aromatic amines is 1. The number of piperidine rings is 1. The number of aliphatic hydroxyl groups is 1. The zero-order chi connectivity index (χ0) is 19.7. The summed E-state index contributed by atoms with van der Waals surface area (Å²) in [6.45, 7) is 8.05. The summed E-state index contributed by atoms with van der Waals surface area (Å²) in [4.78, 5) is 25.2. The molecule has 0 radical (unpaired) electrons. The van der Waals surface area contributed by atoms with Crippen LogP contribution < -0.4 is 0 Å². The number of aromatic nitrogens is 4. The summed E-state index contributed by atoms with van der Waals surface area (Å²) in [5, 5.41) is 13.6. The Balaban J connectivity index is 1.51. The molecule has 0 atom stereocenters. The molecule has 0 bridgehead atoms. The van der Waals surface area contributed by atoms with E-state index in [4.69, 9.17) is 5.11 Å². The number of rotatable bonds is 5. The van der Waals surface area contributed by atoms with Gasteiger partial charge in [0.2, 0.25) is 5.91 Å². The molecule has 0 saturated carbocycles. The van der Waals surface area contributed by atoms with E-state index in [-0.39, 0.29) is 18.1 Å². The fourth-order valence-corrected chi connectivity index (χ4v) is 4.79. The Kier molecular flexibility index (Phi) is 5.25. The van der Waals surface area contributed by atoms with Crippen molar-refractivity contribution in [3.63, 3.8) is 0 Å². The molecular weight excluding hydrogens is 356 g/mol. The summed E-state index contributed by atoms with van der Waals surface area (Å²) in [7, 11) is 0. The molecule has 1 spiro atoms. The average Bonchev–Trinajstić information content (AvgIpc) is 3.31. The van der Waals surface area contributed by atoms with Crippen LogP contribution in [-0.4, -0.2) is 66.8 Å². The molecule has 1 amide bonds. The Morgan fingerprint density at radius 2 is 2.11 bits per heavy atom. The zero-order valence-electron chi connectivity index (χ0n) is 16.8. The predicted octanol–water partition coefficient (Wildman–Crippen LogP) is 1.19.